The second-order valence-corrected chi connectivity index (χ2v) is 6.86. The molecule has 0 aromatic carbocycles. The maximum atomic E-state index is 5.54. The van der Waals surface area contributed by atoms with Crippen LogP contribution in [-0.4, -0.2) is 36.1 Å². The lowest BCUT2D eigenvalue weighted by atomic mass is 10.1. The maximum absolute atomic E-state index is 5.54. The summed E-state index contributed by atoms with van der Waals surface area (Å²) in [7, 11) is 1.70. The Hall–Kier alpha value is -3.44. The van der Waals surface area contributed by atoms with Gasteiger partial charge < -0.3 is 4.74 Å². The third-order valence-electron chi connectivity index (χ3n) is 4.86. The summed E-state index contributed by atoms with van der Waals surface area (Å²) in [6.45, 7) is 2.02. The topological polar surface area (TPSA) is 58.7 Å². The van der Waals surface area contributed by atoms with Gasteiger partial charge in [-0.15, -0.1) is 0 Å². The van der Waals surface area contributed by atoms with Crippen LogP contribution in [0.15, 0.2) is 115 Å². The molecule has 0 saturated heterocycles. The number of aliphatic imine (C=N–C) groups is 4. The Balaban J connectivity index is 1.65. The van der Waals surface area contributed by atoms with Crippen LogP contribution >= 0.6 is 0 Å². The van der Waals surface area contributed by atoms with Gasteiger partial charge in [0.1, 0.15) is 0 Å². The molecule has 0 spiro atoms. The summed E-state index contributed by atoms with van der Waals surface area (Å²) in [6.07, 6.45) is 21.8. The van der Waals surface area contributed by atoms with E-state index in [0.29, 0.717) is 0 Å². The van der Waals surface area contributed by atoms with Gasteiger partial charge in [0.25, 0.3) is 0 Å². The molecular formula is C23H18N4O. The average Bonchev–Trinajstić information content (AvgIpc) is 3.45. The summed E-state index contributed by atoms with van der Waals surface area (Å²) in [5.74, 6) is 0. The van der Waals surface area contributed by atoms with Crippen molar-refractivity contribution < 1.29 is 4.74 Å². The molecule has 0 N–H and O–H groups in total. The summed E-state index contributed by atoms with van der Waals surface area (Å²) in [6, 6.07) is 0. The summed E-state index contributed by atoms with van der Waals surface area (Å²) < 4.78 is 5.54. The average molecular weight is 366 g/mol. The van der Waals surface area contributed by atoms with Crippen molar-refractivity contribution in [2.45, 2.75) is 13.0 Å². The van der Waals surface area contributed by atoms with E-state index >= 15 is 0 Å². The fraction of sp³-hybridized carbons (Fsp3) is 0.130. The first-order valence-electron chi connectivity index (χ1n) is 9.17. The van der Waals surface area contributed by atoms with Crippen LogP contribution in [0.5, 0.6) is 0 Å². The zero-order valence-corrected chi connectivity index (χ0v) is 15.6. The van der Waals surface area contributed by atoms with Crippen LogP contribution in [0, 0.1) is 0 Å². The zero-order chi connectivity index (χ0) is 19.1. The number of methoxy groups -OCH3 is 1. The first kappa shape index (κ1) is 16.7. The lowest BCUT2D eigenvalue weighted by Crippen LogP contribution is -2.14. The predicted molar refractivity (Wildman–Crippen MR) is 114 cm³/mol. The van der Waals surface area contributed by atoms with Crippen molar-refractivity contribution in [3.8, 4) is 0 Å². The molecule has 0 aromatic heterocycles. The fourth-order valence-corrected chi connectivity index (χ4v) is 3.37. The Morgan fingerprint density at radius 2 is 1.11 bits per heavy atom. The standard InChI is InChI=1S/C23H18N4O/c1-14(28-2)22-12-21-11-19-6-5-17(25-19)9-15-3-4-16(24-15)10-18-7-8-20(26-18)13-23(22)27-21/h3-14H,1-2H3. The number of allylic oxidation sites excluding steroid dienone is 11. The molecule has 5 aliphatic rings. The van der Waals surface area contributed by atoms with Crippen LogP contribution in [0.2, 0.25) is 0 Å². The van der Waals surface area contributed by atoms with Crippen LogP contribution in [-0.2, 0) is 4.74 Å². The Labute approximate surface area is 163 Å². The molecule has 5 rings (SSSR count). The van der Waals surface area contributed by atoms with Crippen LogP contribution in [0.3, 0.4) is 0 Å². The monoisotopic (exact) mass is 366 g/mol. The number of fused-ring (bicyclic) bond motifs is 4. The zero-order valence-electron chi connectivity index (χ0n) is 15.6. The number of hydrogen-bond acceptors (Lipinski definition) is 5. The van der Waals surface area contributed by atoms with E-state index in [9.17, 15) is 0 Å². The molecule has 0 aromatic rings. The highest BCUT2D eigenvalue weighted by molar-refractivity contribution is 6.16. The predicted octanol–water partition coefficient (Wildman–Crippen LogP) is 3.98. The van der Waals surface area contributed by atoms with Gasteiger partial charge in [0, 0.05) is 12.7 Å². The molecular weight excluding hydrogens is 348 g/mol. The Bertz CT molecular complexity index is 1140. The summed E-state index contributed by atoms with van der Waals surface area (Å²) in [5.41, 5.74) is 7.99. The number of ether oxygens (including phenoxy) is 1. The first-order valence-corrected chi connectivity index (χ1v) is 9.17. The van der Waals surface area contributed by atoms with Crippen molar-refractivity contribution in [1.82, 2.24) is 0 Å². The van der Waals surface area contributed by atoms with E-state index in [4.69, 9.17) is 9.73 Å². The number of hydrogen-bond donors (Lipinski definition) is 0. The van der Waals surface area contributed by atoms with Crippen molar-refractivity contribution in [3.05, 3.63) is 95.2 Å². The van der Waals surface area contributed by atoms with Gasteiger partial charge in [0.2, 0.25) is 0 Å². The number of nitrogens with zero attached hydrogens (tertiary/aromatic N) is 4. The molecule has 1 atom stereocenters. The molecule has 0 aliphatic carbocycles. The molecule has 5 aliphatic heterocycles. The minimum atomic E-state index is -0.0629. The highest BCUT2D eigenvalue weighted by atomic mass is 16.5. The maximum Gasteiger partial charge on any atom is 0.0814 e. The molecule has 5 heteroatoms. The van der Waals surface area contributed by atoms with Crippen molar-refractivity contribution in [3.63, 3.8) is 0 Å². The van der Waals surface area contributed by atoms with Crippen molar-refractivity contribution in [2.24, 2.45) is 20.0 Å². The largest absolute Gasteiger partial charge is 0.377 e. The molecule has 0 radical (unpaired) electrons. The minimum Gasteiger partial charge on any atom is -0.377 e. The summed E-state index contributed by atoms with van der Waals surface area (Å²) >= 11 is 0. The smallest absolute Gasteiger partial charge is 0.0814 e. The molecule has 0 fully saturated rings. The molecule has 0 saturated carbocycles. The van der Waals surface area contributed by atoms with Gasteiger partial charge in [-0.2, -0.15) is 0 Å². The SMILES string of the molecule is COC(C)C1=CC2=CC3=NC(=CC4=NC(=CC5=NC(=CC1=N2)C=C5)C=C4)C=C3. The fourth-order valence-electron chi connectivity index (χ4n) is 3.37. The van der Waals surface area contributed by atoms with Crippen molar-refractivity contribution in [1.29, 1.82) is 0 Å². The Morgan fingerprint density at radius 1 is 0.607 bits per heavy atom. The van der Waals surface area contributed by atoms with E-state index in [1.54, 1.807) is 7.11 Å². The van der Waals surface area contributed by atoms with Gasteiger partial charge >= 0.3 is 0 Å². The normalized spacial score (nSPS) is 22.7. The van der Waals surface area contributed by atoms with Crippen molar-refractivity contribution in [2.75, 3.05) is 7.11 Å². The lowest BCUT2D eigenvalue weighted by Gasteiger charge is -2.11. The molecule has 0 amide bonds. The molecule has 1 unspecified atom stereocenters. The van der Waals surface area contributed by atoms with E-state index in [1.807, 2.05) is 67.7 Å². The van der Waals surface area contributed by atoms with E-state index in [1.165, 1.54) is 0 Å². The number of rotatable bonds is 2. The van der Waals surface area contributed by atoms with Gasteiger partial charge in [0.05, 0.1) is 51.7 Å². The Morgan fingerprint density at radius 3 is 1.64 bits per heavy atom. The van der Waals surface area contributed by atoms with Gasteiger partial charge in [0.15, 0.2) is 0 Å². The van der Waals surface area contributed by atoms with Gasteiger partial charge in [-0.1, -0.05) is 0 Å². The summed E-state index contributed by atoms with van der Waals surface area (Å²) in [5, 5.41) is 0. The van der Waals surface area contributed by atoms with Crippen LogP contribution in [0.4, 0.5) is 0 Å². The Kier molecular flexibility index (Phi) is 3.95. The first-order chi connectivity index (χ1) is 13.7. The highest BCUT2D eigenvalue weighted by Crippen LogP contribution is 2.25. The third-order valence-corrected chi connectivity index (χ3v) is 4.86. The highest BCUT2D eigenvalue weighted by Gasteiger charge is 2.21. The third kappa shape index (κ3) is 3.17. The van der Waals surface area contributed by atoms with Gasteiger partial charge in [-0.05, 0) is 73.8 Å². The van der Waals surface area contributed by atoms with E-state index in [-0.39, 0.29) is 6.10 Å². The van der Waals surface area contributed by atoms with Crippen LogP contribution < -0.4 is 0 Å². The van der Waals surface area contributed by atoms with Crippen LogP contribution in [0.1, 0.15) is 6.92 Å². The van der Waals surface area contributed by atoms with E-state index in [0.717, 1.165) is 51.2 Å². The second kappa shape index (κ2) is 6.62. The van der Waals surface area contributed by atoms with E-state index in [2.05, 4.69) is 21.1 Å². The lowest BCUT2D eigenvalue weighted by molar-refractivity contribution is 0.152. The van der Waals surface area contributed by atoms with E-state index < -0.39 is 0 Å². The second-order valence-electron chi connectivity index (χ2n) is 6.86. The molecule has 5 heterocycles. The van der Waals surface area contributed by atoms with Gasteiger partial charge in [-0.25, -0.2) is 20.0 Å². The quantitative estimate of drug-likeness (QED) is 0.729. The molecule has 136 valence electrons. The molecule has 5 nitrogen and oxygen atoms in total. The van der Waals surface area contributed by atoms with Crippen LogP contribution in [0.25, 0.3) is 0 Å². The van der Waals surface area contributed by atoms with Gasteiger partial charge in [-0.3, -0.25) is 0 Å². The van der Waals surface area contributed by atoms with Crippen molar-refractivity contribution >= 4 is 22.8 Å². The molecule has 8 bridgehead atoms. The minimum absolute atomic E-state index is 0.0629. The molecule has 28 heavy (non-hydrogen) atoms. The summed E-state index contributed by atoms with van der Waals surface area (Å²) in [4.78, 5) is 18.7.